The van der Waals surface area contributed by atoms with E-state index in [0.29, 0.717) is 30.3 Å². The molecule has 5 heteroatoms. The van der Waals surface area contributed by atoms with Crippen molar-refractivity contribution in [1.29, 1.82) is 0 Å². The maximum atomic E-state index is 13.0. The van der Waals surface area contributed by atoms with Crippen molar-refractivity contribution in [3.63, 3.8) is 0 Å². The van der Waals surface area contributed by atoms with Crippen LogP contribution in [0.2, 0.25) is 5.02 Å². The van der Waals surface area contributed by atoms with Crippen molar-refractivity contribution in [3.8, 4) is 0 Å². The van der Waals surface area contributed by atoms with Crippen LogP contribution in [-0.4, -0.2) is 37.6 Å². The van der Waals surface area contributed by atoms with Gasteiger partial charge < -0.3 is 15.0 Å². The number of nitrogens with one attached hydrogen (secondary N) is 1. The summed E-state index contributed by atoms with van der Waals surface area (Å²) >= 11 is 6.35. The zero-order valence-electron chi connectivity index (χ0n) is 13.7. The van der Waals surface area contributed by atoms with Gasteiger partial charge in [-0.15, -0.1) is 0 Å². The van der Waals surface area contributed by atoms with Crippen LogP contribution in [0.4, 0.5) is 0 Å². The SMILES string of the molecule is COCc1ccc(C(=O)N2CCNCC2c2ccccc2Cl)cc1. The molecule has 1 N–H and O–H groups in total. The molecule has 2 aromatic carbocycles. The Morgan fingerprint density at radius 3 is 2.71 bits per heavy atom. The van der Waals surface area contributed by atoms with Crippen molar-refractivity contribution in [2.24, 2.45) is 0 Å². The van der Waals surface area contributed by atoms with Crippen molar-refractivity contribution in [2.45, 2.75) is 12.6 Å². The van der Waals surface area contributed by atoms with Gasteiger partial charge in [-0.3, -0.25) is 4.79 Å². The summed E-state index contributed by atoms with van der Waals surface area (Å²) in [5.41, 5.74) is 2.72. The lowest BCUT2D eigenvalue weighted by atomic mass is 10.0. The Morgan fingerprint density at radius 1 is 1.25 bits per heavy atom. The van der Waals surface area contributed by atoms with Crippen LogP contribution >= 0.6 is 11.6 Å². The first kappa shape index (κ1) is 17.0. The molecule has 0 aliphatic carbocycles. The number of nitrogens with zero attached hydrogens (tertiary/aromatic N) is 1. The Balaban J connectivity index is 1.84. The Kier molecular flexibility index (Phi) is 5.51. The first-order valence-electron chi connectivity index (χ1n) is 8.04. The summed E-state index contributed by atoms with van der Waals surface area (Å²) < 4.78 is 5.11. The van der Waals surface area contributed by atoms with E-state index in [1.54, 1.807) is 7.11 Å². The van der Waals surface area contributed by atoms with Gasteiger partial charge in [0.25, 0.3) is 5.91 Å². The number of methoxy groups -OCH3 is 1. The molecule has 4 nitrogen and oxygen atoms in total. The number of rotatable bonds is 4. The minimum atomic E-state index is -0.0569. The van der Waals surface area contributed by atoms with E-state index in [0.717, 1.165) is 17.7 Å². The summed E-state index contributed by atoms with van der Waals surface area (Å²) in [7, 11) is 1.66. The molecule has 0 radical (unpaired) electrons. The molecule has 0 aromatic heterocycles. The maximum absolute atomic E-state index is 13.0. The number of hydrogen-bond donors (Lipinski definition) is 1. The van der Waals surface area contributed by atoms with E-state index >= 15 is 0 Å². The standard InChI is InChI=1S/C19H21ClN2O2/c1-24-13-14-6-8-15(9-7-14)19(23)22-11-10-21-12-18(22)16-4-2-3-5-17(16)20/h2-9,18,21H,10-13H2,1H3. The monoisotopic (exact) mass is 344 g/mol. The molecule has 1 amide bonds. The second-order valence-electron chi connectivity index (χ2n) is 5.87. The Labute approximate surface area is 147 Å². The molecule has 1 saturated heterocycles. The van der Waals surface area contributed by atoms with Gasteiger partial charge in [0.05, 0.1) is 12.6 Å². The van der Waals surface area contributed by atoms with Crippen LogP contribution in [0.15, 0.2) is 48.5 Å². The predicted molar refractivity (Wildman–Crippen MR) is 95.3 cm³/mol. The number of amides is 1. The molecule has 126 valence electrons. The molecule has 24 heavy (non-hydrogen) atoms. The minimum absolute atomic E-state index is 0.0328. The fourth-order valence-corrected chi connectivity index (χ4v) is 3.31. The maximum Gasteiger partial charge on any atom is 0.254 e. The first-order chi connectivity index (χ1) is 11.7. The van der Waals surface area contributed by atoms with Gasteiger partial charge in [-0.25, -0.2) is 0 Å². The molecular formula is C19H21ClN2O2. The highest BCUT2D eigenvalue weighted by Crippen LogP contribution is 2.29. The van der Waals surface area contributed by atoms with Crippen molar-refractivity contribution >= 4 is 17.5 Å². The molecule has 1 aliphatic rings. The number of ether oxygens (including phenoxy) is 1. The lowest BCUT2D eigenvalue weighted by Crippen LogP contribution is -2.48. The molecule has 1 aliphatic heterocycles. The number of piperazine rings is 1. The highest BCUT2D eigenvalue weighted by atomic mass is 35.5. The predicted octanol–water partition coefficient (Wildman–Crippen LogP) is 3.27. The Hall–Kier alpha value is -1.88. The molecule has 1 fully saturated rings. The molecule has 1 heterocycles. The molecule has 2 aromatic rings. The second kappa shape index (κ2) is 7.79. The van der Waals surface area contributed by atoms with E-state index in [-0.39, 0.29) is 11.9 Å². The summed E-state index contributed by atoms with van der Waals surface area (Å²) in [6, 6.07) is 15.3. The molecule has 1 atom stereocenters. The Morgan fingerprint density at radius 2 is 2.00 bits per heavy atom. The molecule has 0 spiro atoms. The van der Waals surface area contributed by atoms with Gasteiger partial charge in [-0.05, 0) is 29.3 Å². The van der Waals surface area contributed by atoms with Gasteiger partial charge in [0.15, 0.2) is 0 Å². The zero-order valence-corrected chi connectivity index (χ0v) is 14.4. The highest BCUT2D eigenvalue weighted by molar-refractivity contribution is 6.31. The van der Waals surface area contributed by atoms with E-state index in [9.17, 15) is 4.79 Å². The fourth-order valence-electron chi connectivity index (χ4n) is 3.05. The van der Waals surface area contributed by atoms with Crippen LogP contribution in [0.1, 0.15) is 27.5 Å². The lowest BCUT2D eigenvalue weighted by Gasteiger charge is -2.37. The van der Waals surface area contributed by atoms with Crippen LogP contribution in [-0.2, 0) is 11.3 Å². The van der Waals surface area contributed by atoms with Gasteiger partial charge in [-0.1, -0.05) is 41.9 Å². The summed E-state index contributed by atoms with van der Waals surface area (Å²) in [6.45, 7) is 2.70. The third kappa shape index (κ3) is 3.61. The van der Waals surface area contributed by atoms with Gasteiger partial charge in [-0.2, -0.15) is 0 Å². The van der Waals surface area contributed by atoms with Crippen molar-refractivity contribution in [2.75, 3.05) is 26.7 Å². The summed E-state index contributed by atoms with van der Waals surface area (Å²) in [5, 5.41) is 4.05. The zero-order chi connectivity index (χ0) is 16.9. The number of hydrogen-bond acceptors (Lipinski definition) is 3. The summed E-state index contributed by atoms with van der Waals surface area (Å²) in [4.78, 5) is 14.9. The molecule has 1 unspecified atom stereocenters. The number of carbonyl (C=O) groups excluding carboxylic acids is 1. The van der Waals surface area contributed by atoms with Crippen LogP contribution in [0.5, 0.6) is 0 Å². The van der Waals surface area contributed by atoms with Crippen molar-refractivity contribution in [1.82, 2.24) is 10.2 Å². The van der Waals surface area contributed by atoms with Crippen molar-refractivity contribution in [3.05, 3.63) is 70.2 Å². The van der Waals surface area contributed by atoms with Crippen LogP contribution in [0.25, 0.3) is 0 Å². The molecular weight excluding hydrogens is 324 g/mol. The largest absolute Gasteiger partial charge is 0.380 e. The average Bonchev–Trinajstić information content (AvgIpc) is 2.62. The van der Waals surface area contributed by atoms with E-state index in [1.807, 2.05) is 53.4 Å². The van der Waals surface area contributed by atoms with E-state index in [1.165, 1.54) is 0 Å². The van der Waals surface area contributed by atoms with Crippen molar-refractivity contribution < 1.29 is 9.53 Å². The van der Waals surface area contributed by atoms with Gasteiger partial charge in [0.1, 0.15) is 0 Å². The van der Waals surface area contributed by atoms with Gasteiger partial charge in [0, 0.05) is 37.3 Å². The number of carbonyl (C=O) groups is 1. The van der Waals surface area contributed by atoms with Crippen LogP contribution in [0, 0.1) is 0 Å². The Bertz CT molecular complexity index is 703. The molecule has 3 rings (SSSR count). The third-order valence-electron chi connectivity index (χ3n) is 4.28. The normalized spacial score (nSPS) is 17.8. The van der Waals surface area contributed by atoms with Crippen LogP contribution < -0.4 is 5.32 Å². The topological polar surface area (TPSA) is 41.6 Å². The smallest absolute Gasteiger partial charge is 0.254 e. The third-order valence-corrected chi connectivity index (χ3v) is 4.62. The van der Waals surface area contributed by atoms with E-state index in [4.69, 9.17) is 16.3 Å². The summed E-state index contributed by atoms with van der Waals surface area (Å²) in [5.74, 6) is 0.0328. The molecule has 0 bridgehead atoms. The average molecular weight is 345 g/mol. The quantitative estimate of drug-likeness (QED) is 0.925. The van der Waals surface area contributed by atoms with Crippen LogP contribution in [0.3, 0.4) is 0 Å². The fraction of sp³-hybridized carbons (Fsp3) is 0.316. The van der Waals surface area contributed by atoms with Gasteiger partial charge in [0.2, 0.25) is 0 Å². The highest BCUT2D eigenvalue weighted by Gasteiger charge is 2.29. The molecule has 0 saturated carbocycles. The number of benzene rings is 2. The minimum Gasteiger partial charge on any atom is -0.380 e. The van der Waals surface area contributed by atoms with Gasteiger partial charge >= 0.3 is 0 Å². The lowest BCUT2D eigenvalue weighted by molar-refractivity contribution is 0.0634. The first-order valence-corrected chi connectivity index (χ1v) is 8.42. The number of halogens is 1. The van der Waals surface area contributed by atoms with E-state index < -0.39 is 0 Å². The summed E-state index contributed by atoms with van der Waals surface area (Å²) in [6.07, 6.45) is 0. The van der Waals surface area contributed by atoms with E-state index in [2.05, 4.69) is 5.32 Å². The second-order valence-corrected chi connectivity index (χ2v) is 6.28.